The van der Waals surface area contributed by atoms with E-state index < -0.39 is 0 Å². The van der Waals surface area contributed by atoms with Gasteiger partial charge in [-0.1, -0.05) is 49.4 Å². The van der Waals surface area contributed by atoms with Crippen LogP contribution in [0.15, 0.2) is 107 Å². The van der Waals surface area contributed by atoms with Crippen molar-refractivity contribution in [3.05, 3.63) is 103 Å². The van der Waals surface area contributed by atoms with Crippen LogP contribution >= 0.6 is 23.5 Å². The summed E-state index contributed by atoms with van der Waals surface area (Å²) in [5.74, 6) is -0.504. The summed E-state index contributed by atoms with van der Waals surface area (Å²) in [5.41, 5.74) is 2.10. The summed E-state index contributed by atoms with van der Waals surface area (Å²) in [4.78, 5) is 30.2. The molecule has 8 heteroatoms. The number of allylic oxidation sites excluding steroid dienone is 2. The van der Waals surface area contributed by atoms with E-state index in [0.29, 0.717) is 17.8 Å². The molecule has 37 heavy (non-hydrogen) atoms. The third-order valence-electron chi connectivity index (χ3n) is 6.10. The van der Waals surface area contributed by atoms with Crippen LogP contribution in [0.4, 0.5) is 26.2 Å². The van der Waals surface area contributed by atoms with Gasteiger partial charge >= 0.3 is 6.03 Å². The maximum atomic E-state index is 13.6. The van der Waals surface area contributed by atoms with Crippen molar-refractivity contribution in [3.8, 4) is 0 Å². The van der Waals surface area contributed by atoms with Crippen molar-refractivity contribution in [1.29, 1.82) is 0 Å². The number of carbonyl (C=O) groups is 2. The highest BCUT2D eigenvalue weighted by Crippen LogP contribution is 2.43. The number of para-hydroxylation sites is 1. The second kappa shape index (κ2) is 11.3. The van der Waals surface area contributed by atoms with E-state index in [1.807, 2.05) is 72.5 Å². The van der Waals surface area contributed by atoms with Gasteiger partial charge in [-0.05, 0) is 61.0 Å². The van der Waals surface area contributed by atoms with E-state index >= 15 is 0 Å². The average molecular weight is 532 g/mol. The Morgan fingerprint density at radius 1 is 0.973 bits per heavy atom. The van der Waals surface area contributed by atoms with Crippen LogP contribution in [0.5, 0.6) is 0 Å². The number of halogens is 1. The molecule has 0 fully saturated rings. The summed E-state index contributed by atoms with van der Waals surface area (Å²) in [5, 5.41) is 5.72. The number of amides is 3. The van der Waals surface area contributed by atoms with Crippen molar-refractivity contribution in [2.45, 2.75) is 39.7 Å². The topological polar surface area (TPSA) is 61.4 Å². The van der Waals surface area contributed by atoms with Crippen LogP contribution in [0.3, 0.4) is 0 Å². The Morgan fingerprint density at radius 3 is 2.57 bits per heavy atom. The van der Waals surface area contributed by atoms with Gasteiger partial charge in [0.2, 0.25) is 5.91 Å². The first-order chi connectivity index (χ1) is 18.0. The highest BCUT2D eigenvalue weighted by Gasteiger charge is 2.36. The molecule has 3 unspecified atom stereocenters. The fourth-order valence-electron chi connectivity index (χ4n) is 4.30. The molecule has 5 nitrogen and oxygen atoms in total. The molecule has 0 bridgehead atoms. The van der Waals surface area contributed by atoms with Crippen LogP contribution in [-0.4, -0.2) is 28.5 Å². The van der Waals surface area contributed by atoms with E-state index in [9.17, 15) is 14.0 Å². The van der Waals surface area contributed by atoms with Crippen molar-refractivity contribution in [2.24, 2.45) is 0 Å². The fraction of sp³-hybridized carbons (Fsp3) is 0.172. The molecule has 3 aromatic rings. The number of carbonyl (C=O) groups excluding carboxylic acids is 2. The quantitative estimate of drug-likeness (QED) is 0.327. The Balaban J connectivity index is 1.30. The molecule has 2 N–H and O–H groups in total. The zero-order valence-electron chi connectivity index (χ0n) is 20.1. The highest BCUT2D eigenvalue weighted by molar-refractivity contribution is 8.00. The summed E-state index contributed by atoms with van der Waals surface area (Å²) in [6, 6.07) is 20.9. The van der Waals surface area contributed by atoms with Gasteiger partial charge in [-0.25, -0.2) is 9.18 Å². The lowest BCUT2D eigenvalue weighted by atomic mass is 10.1. The standard InChI is InChI=1S/C29H26FN3O2S2/c1-2-25(28(34)31-20-16-14-19(30)15-17-20)36-22-9-7-8-21(18-22)32-29(35)33-23-10-3-5-12-26(23)37-27-13-6-4-11-24(27)33/h3-18,23,25-26H,2H2,1H3,(H,31,34)(H,32,35). The number of urea groups is 1. The van der Waals surface area contributed by atoms with Gasteiger partial charge in [0, 0.05) is 21.2 Å². The van der Waals surface area contributed by atoms with Gasteiger partial charge in [0.25, 0.3) is 0 Å². The zero-order valence-corrected chi connectivity index (χ0v) is 21.8. The molecule has 1 aliphatic heterocycles. The molecule has 188 valence electrons. The lowest BCUT2D eigenvalue weighted by Crippen LogP contribution is -2.49. The van der Waals surface area contributed by atoms with E-state index in [2.05, 4.69) is 22.8 Å². The molecule has 0 aromatic heterocycles. The fourth-order valence-corrected chi connectivity index (χ4v) is 6.57. The molecule has 0 radical (unpaired) electrons. The number of nitrogens with zero attached hydrogens (tertiary/aromatic N) is 1. The Kier molecular flexibility index (Phi) is 7.67. The van der Waals surface area contributed by atoms with E-state index in [1.165, 1.54) is 23.9 Å². The molecule has 2 aliphatic rings. The van der Waals surface area contributed by atoms with Crippen LogP contribution in [0.1, 0.15) is 13.3 Å². The number of benzene rings is 3. The molecule has 1 heterocycles. The number of nitrogens with one attached hydrogen (secondary N) is 2. The number of hydrogen-bond acceptors (Lipinski definition) is 4. The van der Waals surface area contributed by atoms with Gasteiger partial charge in [-0.2, -0.15) is 0 Å². The maximum Gasteiger partial charge on any atom is 0.326 e. The van der Waals surface area contributed by atoms with Crippen molar-refractivity contribution in [3.63, 3.8) is 0 Å². The average Bonchev–Trinajstić information content (AvgIpc) is 2.91. The lowest BCUT2D eigenvalue weighted by Gasteiger charge is -2.40. The van der Waals surface area contributed by atoms with Crippen LogP contribution in [-0.2, 0) is 4.79 Å². The van der Waals surface area contributed by atoms with Crippen molar-refractivity contribution in [1.82, 2.24) is 0 Å². The summed E-state index contributed by atoms with van der Waals surface area (Å²) in [6.07, 6.45) is 8.81. The first-order valence-electron chi connectivity index (χ1n) is 12.1. The van der Waals surface area contributed by atoms with Crippen LogP contribution in [0.2, 0.25) is 0 Å². The summed E-state index contributed by atoms with van der Waals surface area (Å²) >= 11 is 3.19. The van der Waals surface area contributed by atoms with E-state index in [4.69, 9.17) is 0 Å². The Morgan fingerprint density at radius 2 is 1.76 bits per heavy atom. The zero-order chi connectivity index (χ0) is 25.8. The summed E-state index contributed by atoms with van der Waals surface area (Å²) in [6.45, 7) is 1.95. The van der Waals surface area contributed by atoms with Gasteiger partial charge < -0.3 is 10.6 Å². The van der Waals surface area contributed by atoms with Crippen LogP contribution in [0.25, 0.3) is 0 Å². The predicted octanol–water partition coefficient (Wildman–Crippen LogP) is 7.34. The van der Waals surface area contributed by atoms with Gasteiger partial charge in [0.15, 0.2) is 0 Å². The number of rotatable bonds is 6. The van der Waals surface area contributed by atoms with Crippen molar-refractivity contribution >= 4 is 52.5 Å². The predicted molar refractivity (Wildman–Crippen MR) is 151 cm³/mol. The highest BCUT2D eigenvalue weighted by atomic mass is 32.2. The van der Waals surface area contributed by atoms with E-state index in [0.717, 1.165) is 15.5 Å². The molecular weight excluding hydrogens is 505 g/mol. The van der Waals surface area contributed by atoms with E-state index in [1.54, 1.807) is 23.9 Å². The van der Waals surface area contributed by atoms with Gasteiger partial charge in [-0.15, -0.1) is 23.5 Å². The summed E-state index contributed by atoms with van der Waals surface area (Å²) in [7, 11) is 0. The molecule has 1 aliphatic carbocycles. The molecule has 3 aromatic carbocycles. The largest absolute Gasteiger partial charge is 0.326 e. The Labute approximate surface area is 224 Å². The van der Waals surface area contributed by atoms with Crippen molar-refractivity contribution in [2.75, 3.05) is 15.5 Å². The number of anilines is 3. The molecule has 3 atom stereocenters. The molecule has 0 saturated heterocycles. The van der Waals surface area contributed by atoms with Gasteiger partial charge in [0.05, 0.1) is 22.2 Å². The number of thioether (sulfide) groups is 2. The first-order valence-corrected chi connectivity index (χ1v) is 13.8. The van der Waals surface area contributed by atoms with Crippen molar-refractivity contribution < 1.29 is 14.0 Å². The second-order valence-corrected chi connectivity index (χ2v) is 11.1. The molecule has 5 rings (SSSR count). The minimum atomic E-state index is -0.350. The normalized spacial score (nSPS) is 18.5. The van der Waals surface area contributed by atoms with Crippen LogP contribution in [0, 0.1) is 5.82 Å². The molecule has 0 spiro atoms. The third kappa shape index (κ3) is 5.76. The Hall–Kier alpha value is -3.49. The van der Waals surface area contributed by atoms with Gasteiger partial charge in [0.1, 0.15) is 5.82 Å². The van der Waals surface area contributed by atoms with Crippen LogP contribution < -0.4 is 15.5 Å². The number of hydrogen-bond donors (Lipinski definition) is 2. The smallest absolute Gasteiger partial charge is 0.325 e. The lowest BCUT2D eigenvalue weighted by molar-refractivity contribution is -0.115. The summed E-state index contributed by atoms with van der Waals surface area (Å²) < 4.78 is 13.2. The van der Waals surface area contributed by atoms with Gasteiger partial charge in [-0.3, -0.25) is 9.69 Å². The number of fused-ring (bicyclic) bond motifs is 2. The molecular formula is C29H26FN3O2S2. The van der Waals surface area contributed by atoms with E-state index in [-0.39, 0.29) is 34.3 Å². The maximum absolute atomic E-state index is 13.6. The second-order valence-electron chi connectivity index (χ2n) is 8.65. The minimum Gasteiger partial charge on any atom is -0.325 e. The minimum absolute atomic E-state index is 0.0814. The molecule has 3 amide bonds. The first kappa shape index (κ1) is 25.2. The Bertz CT molecular complexity index is 1360. The third-order valence-corrected chi connectivity index (χ3v) is 8.77. The molecule has 0 saturated carbocycles. The monoisotopic (exact) mass is 531 g/mol. The SMILES string of the molecule is CCC(Sc1cccc(NC(=O)N2c3ccccc3SC3C=CC=CC32)c1)C(=O)Nc1ccc(F)cc1.